The van der Waals surface area contributed by atoms with E-state index in [0.717, 1.165) is 10.5 Å². The summed E-state index contributed by atoms with van der Waals surface area (Å²) in [5.74, 6) is -0.808. The van der Waals surface area contributed by atoms with Crippen molar-refractivity contribution >= 4 is 17.9 Å². The minimum atomic E-state index is -1.19. The van der Waals surface area contributed by atoms with Gasteiger partial charge in [-0.25, -0.2) is 9.59 Å². The highest BCUT2D eigenvalue weighted by Gasteiger charge is 2.49. The lowest BCUT2D eigenvalue weighted by atomic mass is 9.97. The van der Waals surface area contributed by atoms with Crippen LogP contribution < -0.4 is 5.32 Å². The number of rotatable bonds is 4. The molecule has 1 saturated heterocycles. The van der Waals surface area contributed by atoms with Gasteiger partial charge in [0.1, 0.15) is 0 Å². The average Bonchev–Trinajstić information content (AvgIpc) is 2.86. The molecule has 1 aliphatic heterocycles. The molecule has 25 heavy (non-hydrogen) atoms. The lowest BCUT2D eigenvalue weighted by Gasteiger charge is -2.21. The normalized spacial score (nSPS) is 19.7. The second-order valence-corrected chi connectivity index (χ2v) is 5.85. The molecule has 7 nitrogen and oxygen atoms in total. The van der Waals surface area contributed by atoms with Gasteiger partial charge in [-0.3, -0.25) is 14.7 Å². The summed E-state index contributed by atoms with van der Waals surface area (Å²) in [6.45, 7) is 1.74. The average molecular weight is 339 g/mol. The molecule has 2 aromatic rings. The summed E-state index contributed by atoms with van der Waals surface area (Å²) >= 11 is 0. The molecule has 1 fully saturated rings. The standard InChI is InChI=1S/C18H17N3O4/c1-18(14-5-3-4-10-19-14)16(23)21(17(24)20-18)11-12-6-8-13(9-7-12)15(22)25-2/h3-10H,11H2,1-2H3,(H,20,24)/t18-/m1/s1. The Balaban J connectivity index is 1.81. The van der Waals surface area contributed by atoms with Crippen molar-refractivity contribution in [2.75, 3.05) is 7.11 Å². The maximum absolute atomic E-state index is 12.8. The summed E-state index contributed by atoms with van der Waals surface area (Å²) in [6.07, 6.45) is 1.58. The quantitative estimate of drug-likeness (QED) is 0.678. The van der Waals surface area contributed by atoms with Gasteiger partial charge in [0, 0.05) is 6.20 Å². The molecule has 1 aromatic heterocycles. The number of carbonyl (C=O) groups excluding carboxylic acids is 3. The minimum Gasteiger partial charge on any atom is -0.465 e. The number of urea groups is 1. The van der Waals surface area contributed by atoms with Crippen LogP contribution in [0.5, 0.6) is 0 Å². The first-order valence-corrected chi connectivity index (χ1v) is 7.68. The minimum absolute atomic E-state index is 0.106. The third kappa shape index (κ3) is 2.96. The summed E-state index contributed by atoms with van der Waals surface area (Å²) in [6, 6.07) is 11.3. The Morgan fingerprint density at radius 3 is 2.52 bits per heavy atom. The van der Waals surface area contributed by atoms with Crippen LogP contribution in [0, 0.1) is 0 Å². The van der Waals surface area contributed by atoms with Crippen molar-refractivity contribution in [3.05, 3.63) is 65.5 Å². The Hall–Kier alpha value is -3.22. The van der Waals surface area contributed by atoms with Crippen LogP contribution in [0.4, 0.5) is 4.79 Å². The molecule has 0 spiro atoms. The van der Waals surface area contributed by atoms with E-state index in [9.17, 15) is 14.4 Å². The fourth-order valence-electron chi connectivity index (χ4n) is 2.72. The zero-order chi connectivity index (χ0) is 18.0. The van der Waals surface area contributed by atoms with E-state index >= 15 is 0 Å². The van der Waals surface area contributed by atoms with Crippen molar-refractivity contribution in [3.8, 4) is 0 Å². The highest BCUT2D eigenvalue weighted by atomic mass is 16.5. The molecule has 1 aliphatic rings. The maximum atomic E-state index is 12.8. The first kappa shape index (κ1) is 16.6. The smallest absolute Gasteiger partial charge is 0.337 e. The molecule has 3 amide bonds. The van der Waals surface area contributed by atoms with Gasteiger partial charge in [0.2, 0.25) is 0 Å². The van der Waals surface area contributed by atoms with Crippen LogP contribution in [0.2, 0.25) is 0 Å². The molecule has 2 heterocycles. The van der Waals surface area contributed by atoms with Crippen LogP contribution in [0.15, 0.2) is 48.7 Å². The zero-order valence-electron chi connectivity index (χ0n) is 13.9. The van der Waals surface area contributed by atoms with Crippen LogP contribution in [0.1, 0.15) is 28.5 Å². The van der Waals surface area contributed by atoms with E-state index in [1.165, 1.54) is 7.11 Å². The summed E-state index contributed by atoms with van der Waals surface area (Å²) in [7, 11) is 1.31. The number of nitrogens with one attached hydrogen (secondary N) is 1. The molecule has 7 heteroatoms. The fourth-order valence-corrected chi connectivity index (χ4v) is 2.72. The molecule has 128 valence electrons. The number of ether oxygens (including phenoxy) is 1. The van der Waals surface area contributed by atoms with Gasteiger partial charge in [0.15, 0.2) is 5.54 Å². The lowest BCUT2D eigenvalue weighted by Crippen LogP contribution is -2.41. The molecule has 0 bridgehead atoms. The van der Waals surface area contributed by atoms with Gasteiger partial charge in [-0.05, 0) is 36.8 Å². The van der Waals surface area contributed by atoms with E-state index in [1.54, 1.807) is 55.6 Å². The van der Waals surface area contributed by atoms with Gasteiger partial charge >= 0.3 is 12.0 Å². The molecule has 0 aliphatic carbocycles. The topological polar surface area (TPSA) is 88.6 Å². The number of carbonyl (C=O) groups is 3. The van der Waals surface area contributed by atoms with Gasteiger partial charge in [-0.1, -0.05) is 18.2 Å². The predicted molar refractivity (Wildman–Crippen MR) is 88.5 cm³/mol. The number of hydrogen-bond donors (Lipinski definition) is 1. The first-order valence-electron chi connectivity index (χ1n) is 7.68. The third-order valence-corrected chi connectivity index (χ3v) is 4.17. The zero-order valence-corrected chi connectivity index (χ0v) is 13.9. The van der Waals surface area contributed by atoms with E-state index in [0.29, 0.717) is 11.3 Å². The van der Waals surface area contributed by atoms with Crippen LogP contribution >= 0.6 is 0 Å². The Morgan fingerprint density at radius 2 is 1.92 bits per heavy atom. The number of benzene rings is 1. The summed E-state index contributed by atoms with van der Waals surface area (Å²) < 4.78 is 4.65. The monoisotopic (exact) mass is 339 g/mol. The van der Waals surface area contributed by atoms with Crippen molar-refractivity contribution in [1.29, 1.82) is 0 Å². The first-order chi connectivity index (χ1) is 12.0. The summed E-state index contributed by atoms with van der Waals surface area (Å²) in [5, 5.41) is 2.71. The number of aromatic nitrogens is 1. The van der Waals surface area contributed by atoms with Gasteiger partial charge < -0.3 is 10.1 Å². The number of hydrogen-bond acceptors (Lipinski definition) is 5. The third-order valence-electron chi connectivity index (χ3n) is 4.17. The second-order valence-electron chi connectivity index (χ2n) is 5.85. The highest BCUT2D eigenvalue weighted by molar-refractivity contribution is 6.06. The maximum Gasteiger partial charge on any atom is 0.337 e. The van der Waals surface area contributed by atoms with E-state index in [1.807, 2.05) is 0 Å². The van der Waals surface area contributed by atoms with Gasteiger partial charge in [-0.15, -0.1) is 0 Å². The molecule has 3 rings (SSSR count). The van der Waals surface area contributed by atoms with Crippen molar-refractivity contribution in [1.82, 2.24) is 15.2 Å². The van der Waals surface area contributed by atoms with E-state index < -0.39 is 17.5 Å². The molecule has 0 saturated carbocycles. The SMILES string of the molecule is COC(=O)c1ccc(CN2C(=O)N[C@](C)(c3ccccn3)C2=O)cc1. The van der Waals surface area contributed by atoms with Crippen LogP contribution in [0.3, 0.4) is 0 Å². The van der Waals surface area contributed by atoms with E-state index in [2.05, 4.69) is 15.0 Å². The molecule has 0 radical (unpaired) electrons. The Kier molecular flexibility index (Phi) is 4.22. The summed E-state index contributed by atoms with van der Waals surface area (Å²) in [5.41, 5.74) is 0.421. The van der Waals surface area contributed by atoms with E-state index in [-0.39, 0.29) is 12.5 Å². The Labute approximate surface area is 144 Å². The highest BCUT2D eigenvalue weighted by Crippen LogP contribution is 2.28. The molecular weight excluding hydrogens is 322 g/mol. The number of esters is 1. The molecule has 0 unspecified atom stereocenters. The lowest BCUT2D eigenvalue weighted by molar-refractivity contribution is -0.131. The molecule has 1 aromatic carbocycles. The number of pyridine rings is 1. The number of imide groups is 1. The largest absolute Gasteiger partial charge is 0.465 e. The second kappa shape index (κ2) is 6.35. The molecule has 1 N–H and O–H groups in total. The van der Waals surface area contributed by atoms with Crippen molar-refractivity contribution in [2.24, 2.45) is 0 Å². The number of nitrogens with zero attached hydrogens (tertiary/aromatic N) is 2. The van der Waals surface area contributed by atoms with Crippen LogP contribution in [-0.4, -0.2) is 34.9 Å². The number of amides is 3. The number of methoxy groups -OCH3 is 1. The van der Waals surface area contributed by atoms with Gasteiger partial charge in [-0.2, -0.15) is 0 Å². The van der Waals surface area contributed by atoms with Crippen molar-refractivity contribution in [3.63, 3.8) is 0 Å². The van der Waals surface area contributed by atoms with E-state index in [4.69, 9.17) is 0 Å². The Bertz CT molecular complexity index is 820. The van der Waals surface area contributed by atoms with Crippen molar-refractivity contribution in [2.45, 2.75) is 19.0 Å². The summed E-state index contributed by atoms with van der Waals surface area (Å²) in [4.78, 5) is 41.9. The fraction of sp³-hybridized carbons (Fsp3) is 0.222. The predicted octanol–water partition coefficient (Wildman–Crippen LogP) is 1.84. The van der Waals surface area contributed by atoms with Crippen LogP contribution in [-0.2, 0) is 21.6 Å². The Morgan fingerprint density at radius 1 is 1.20 bits per heavy atom. The van der Waals surface area contributed by atoms with Gasteiger partial charge in [0.05, 0.1) is 24.9 Å². The van der Waals surface area contributed by atoms with Gasteiger partial charge in [0.25, 0.3) is 5.91 Å². The van der Waals surface area contributed by atoms with Crippen LogP contribution in [0.25, 0.3) is 0 Å². The van der Waals surface area contributed by atoms with Crippen molar-refractivity contribution < 1.29 is 19.1 Å². The molecular formula is C18H17N3O4. The molecule has 1 atom stereocenters.